The number of carbonyl (C=O) groups excluding carboxylic acids is 1. The van der Waals surface area contributed by atoms with Crippen molar-refractivity contribution >= 4 is 5.91 Å². The Morgan fingerprint density at radius 3 is 2.64 bits per heavy atom. The Labute approximate surface area is 130 Å². The molecule has 1 aliphatic heterocycles. The monoisotopic (exact) mass is 307 g/mol. The van der Waals surface area contributed by atoms with Gasteiger partial charge >= 0.3 is 0 Å². The average Bonchev–Trinajstić information content (AvgIpc) is 3.11. The van der Waals surface area contributed by atoms with E-state index < -0.39 is 6.10 Å². The van der Waals surface area contributed by atoms with Gasteiger partial charge in [-0.25, -0.2) is 0 Å². The van der Waals surface area contributed by atoms with Crippen LogP contribution in [0.15, 0.2) is 4.52 Å². The number of amides is 1. The van der Waals surface area contributed by atoms with Crippen molar-refractivity contribution in [2.24, 2.45) is 0 Å². The van der Waals surface area contributed by atoms with Crippen molar-refractivity contribution in [3.05, 3.63) is 17.0 Å². The van der Waals surface area contributed by atoms with Crippen LogP contribution in [0, 0.1) is 13.8 Å². The summed E-state index contributed by atoms with van der Waals surface area (Å²) >= 11 is 0. The summed E-state index contributed by atoms with van der Waals surface area (Å²) in [5, 5.41) is 17.5. The highest BCUT2D eigenvalue weighted by molar-refractivity contribution is 5.96. The first kappa shape index (κ1) is 15.5. The van der Waals surface area contributed by atoms with Gasteiger partial charge in [-0.05, 0) is 59.0 Å². The van der Waals surface area contributed by atoms with E-state index in [4.69, 9.17) is 4.52 Å². The molecule has 1 aliphatic carbocycles. The summed E-state index contributed by atoms with van der Waals surface area (Å²) in [6.45, 7) is 5.62. The predicted molar refractivity (Wildman–Crippen MR) is 81.7 cm³/mol. The van der Waals surface area contributed by atoms with Gasteiger partial charge in [-0.2, -0.15) is 0 Å². The minimum absolute atomic E-state index is 0.172. The second-order valence-electron chi connectivity index (χ2n) is 6.51. The van der Waals surface area contributed by atoms with E-state index in [-0.39, 0.29) is 18.0 Å². The van der Waals surface area contributed by atoms with Crippen molar-refractivity contribution in [1.82, 2.24) is 15.4 Å². The van der Waals surface area contributed by atoms with Crippen molar-refractivity contribution in [3.63, 3.8) is 0 Å². The van der Waals surface area contributed by atoms with Gasteiger partial charge in [-0.15, -0.1) is 0 Å². The van der Waals surface area contributed by atoms with E-state index >= 15 is 0 Å². The molecule has 122 valence electrons. The molecule has 1 saturated carbocycles. The first-order valence-corrected chi connectivity index (χ1v) is 8.24. The number of nitrogens with one attached hydrogen (secondary N) is 1. The lowest BCUT2D eigenvalue weighted by atomic mass is 9.87. The minimum atomic E-state index is -0.503. The van der Waals surface area contributed by atoms with E-state index in [9.17, 15) is 9.90 Å². The number of hydrogen-bond acceptors (Lipinski definition) is 5. The molecule has 2 N–H and O–H groups in total. The highest BCUT2D eigenvalue weighted by atomic mass is 16.5. The molecule has 22 heavy (non-hydrogen) atoms. The molecule has 2 aliphatic rings. The molecule has 2 fully saturated rings. The maximum Gasteiger partial charge on any atom is 0.257 e. The summed E-state index contributed by atoms with van der Waals surface area (Å²) in [6.07, 6.45) is 4.78. The molecule has 3 rings (SSSR count). The van der Waals surface area contributed by atoms with E-state index in [0.29, 0.717) is 17.0 Å². The molecule has 1 aromatic heterocycles. The lowest BCUT2D eigenvalue weighted by molar-refractivity contribution is 0.00701. The first-order chi connectivity index (χ1) is 10.6. The summed E-state index contributed by atoms with van der Waals surface area (Å²) in [6, 6.07) is -0.0215. The zero-order valence-electron chi connectivity index (χ0n) is 13.3. The molecule has 1 amide bonds. The van der Waals surface area contributed by atoms with E-state index in [0.717, 1.165) is 32.4 Å². The molecule has 1 saturated heterocycles. The van der Waals surface area contributed by atoms with Gasteiger partial charge in [0.2, 0.25) is 0 Å². The third-order valence-electron chi connectivity index (χ3n) is 5.01. The fourth-order valence-corrected chi connectivity index (χ4v) is 3.83. The van der Waals surface area contributed by atoms with Gasteiger partial charge in [0, 0.05) is 6.04 Å². The summed E-state index contributed by atoms with van der Waals surface area (Å²) in [7, 11) is 0. The Morgan fingerprint density at radius 1 is 1.27 bits per heavy atom. The SMILES string of the molecule is Cc1noc(C)c1C(=O)N[C@@H]1CCC[C@@H](N2CCCC2)[C@@H]1O. The molecule has 0 aromatic carbocycles. The van der Waals surface area contributed by atoms with Crippen molar-refractivity contribution < 1.29 is 14.4 Å². The number of aryl methyl sites for hydroxylation is 2. The fourth-order valence-electron chi connectivity index (χ4n) is 3.83. The fraction of sp³-hybridized carbons (Fsp3) is 0.750. The van der Waals surface area contributed by atoms with Crippen LogP contribution < -0.4 is 5.32 Å². The zero-order chi connectivity index (χ0) is 15.7. The number of aliphatic hydroxyl groups excluding tert-OH is 1. The lowest BCUT2D eigenvalue weighted by Gasteiger charge is -2.40. The smallest absolute Gasteiger partial charge is 0.257 e. The van der Waals surface area contributed by atoms with Crippen LogP contribution in [-0.4, -0.2) is 52.3 Å². The molecular formula is C16H25N3O3. The number of aliphatic hydroxyl groups is 1. The summed E-state index contributed by atoms with van der Waals surface area (Å²) in [4.78, 5) is 14.8. The van der Waals surface area contributed by atoms with Crippen LogP contribution in [0.1, 0.15) is 53.9 Å². The molecular weight excluding hydrogens is 282 g/mol. The number of rotatable bonds is 3. The number of aromatic nitrogens is 1. The molecule has 0 spiro atoms. The zero-order valence-corrected chi connectivity index (χ0v) is 13.3. The van der Waals surface area contributed by atoms with Crippen LogP contribution in [0.4, 0.5) is 0 Å². The number of hydrogen-bond donors (Lipinski definition) is 2. The number of likely N-dealkylation sites (tertiary alicyclic amines) is 1. The molecule has 0 bridgehead atoms. The predicted octanol–water partition coefficient (Wildman–Crippen LogP) is 1.40. The lowest BCUT2D eigenvalue weighted by Crippen LogP contribution is -2.56. The highest BCUT2D eigenvalue weighted by Crippen LogP contribution is 2.27. The Hall–Kier alpha value is -1.40. The maximum absolute atomic E-state index is 12.5. The van der Waals surface area contributed by atoms with Gasteiger partial charge in [0.1, 0.15) is 11.3 Å². The number of nitrogens with zero attached hydrogens (tertiary/aromatic N) is 2. The van der Waals surface area contributed by atoms with Crippen molar-refractivity contribution in [1.29, 1.82) is 0 Å². The quantitative estimate of drug-likeness (QED) is 0.882. The maximum atomic E-state index is 12.5. The van der Waals surface area contributed by atoms with E-state index in [1.54, 1.807) is 13.8 Å². The minimum Gasteiger partial charge on any atom is -0.389 e. The van der Waals surface area contributed by atoms with Gasteiger partial charge in [0.15, 0.2) is 0 Å². The summed E-state index contributed by atoms with van der Waals surface area (Å²) < 4.78 is 5.05. The van der Waals surface area contributed by atoms with Crippen LogP contribution in [0.25, 0.3) is 0 Å². The van der Waals surface area contributed by atoms with Crippen LogP contribution >= 0.6 is 0 Å². The summed E-state index contributed by atoms with van der Waals surface area (Å²) in [5.41, 5.74) is 1.09. The van der Waals surface area contributed by atoms with Crippen LogP contribution in [0.5, 0.6) is 0 Å². The second-order valence-corrected chi connectivity index (χ2v) is 6.51. The van der Waals surface area contributed by atoms with E-state index in [1.165, 1.54) is 12.8 Å². The largest absolute Gasteiger partial charge is 0.389 e. The standard InChI is InChI=1S/C16H25N3O3/c1-10-14(11(2)22-18-10)16(21)17-12-6-5-7-13(15(12)20)19-8-3-4-9-19/h12-13,15,20H,3-9H2,1-2H3,(H,17,21)/t12-,13-,15-/m1/s1. The van der Waals surface area contributed by atoms with Crippen LogP contribution in [0.2, 0.25) is 0 Å². The Morgan fingerprint density at radius 2 is 2.00 bits per heavy atom. The molecule has 6 heteroatoms. The van der Waals surface area contributed by atoms with E-state index in [2.05, 4.69) is 15.4 Å². The summed E-state index contributed by atoms with van der Waals surface area (Å²) in [5.74, 6) is 0.332. The van der Waals surface area contributed by atoms with Gasteiger partial charge in [-0.3, -0.25) is 9.69 Å². The Bertz CT molecular complexity index is 517. The van der Waals surface area contributed by atoms with Gasteiger partial charge in [0.05, 0.1) is 17.8 Å². The Balaban J connectivity index is 1.67. The van der Waals surface area contributed by atoms with Crippen LogP contribution in [-0.2, 0) is 0 Å². The second kappa shape index (κ2) is 6.38. The van der Waals surface area contributed by atoms with Crippen molar-refractivity contribution in [2.45, 2.75) is 64.1 Å². The van der Waals surface area contributed by atoms with E-state index in [1.807, 2.05) is 0 Å². The third kappa shape index (κ3) is 2.90. The van der Waals surface area contributed by atoms with Gasteiger partial charge < -0.3 is 14.9 Å². The molecule has 2 heterocycles. The molecule has 0 unspecified atom stereocenters. The normalized spacial score (nSPS) is 29.7. The van der Waals surface area contributed by atoms with Gasteiger partial charge in [0.25, 0.3) is 5.91 Å². The molecule has 6 nitrogen and oxygen atoms in total. The first-order valence-electron chi connectivity index (χ1n) is 8.24. The molecule has 3 atom stereocenters. The van der Waals surface area contributed by atoms with Gasteiger partial charge in [-0.1, -0.05) is 5.16 Å². The molecule has 1 aromatic rings. The topological polar surface area (TPSA) is 78.6 Å². The van der Waals surface area contributed by atoms with Crippen LogP contribution in [0.3, 0.4) is 0 Å². The highest BCUT2D eigenvalue weighted by Gasteiger charge is 2.37. The number of carbonyl (C=O) groups is 1. The van der Waals surface area contributed by atoms with Crippen molar-refractivity contribution in [2.75, 3.05) is 13.1 Å². The average molecular weight is 307 g/mol. The Kier molecular flexibility index (Phi) is 4.49. The third-order valence-corrected chi connectivity index (χ3v) is 5.01. The molecule has 0 radical (unpaired) electrons. The van der Waals surface area contributed by atoms with Crippen molar-refractivity contribution in [3.8, 4) is 0 Å².